The number of nitrogens with zero attached hydrogens (tertiary/aromatic N) is 3. The summed E-state index contributed by atoms with van der Waals surface area (Å²) in [6, 6.07) is 9.44. The summed E-state index contributed by atoms with van der Waals surface area (Å²) in [4.78, 5) is 28.6. The van der Waals surface area contributed by atoms with E-state index in [2.05, 4.69) is 25.9 Å². The van der Waals surface area contributed by atoms with Crippen LogP contribution in [-0.4, -0.2) is 52.9 Å². The average Bonchev–Trinajstić information content (AvgIpc) is 3.06. The first-order chi connectivity index (χ1) is 12.3. The number of aromatic nitrogens is 1. The molecule has 1 fully saturated rings. The summed E-state index contributed by atoms with van der Waals surface area (Å²) >= 11 is 0. The second kappa shape index (κ2) is 6.94. The van der Waals surface area contributed by atoms with Gasteiger partial charge in [-0.2, -0.15) is 0 Å². The number of hydrogen-bond donors (Lipinski definition) is 0. The Hall–Kier alpha value is -2.63. The largest absolute Gasteiger partial charge is 0.361 e. The van der Waals surface area contributed by atoms with Crippen molar-refractivity contribution in [1.29, 1.82) is 0 Å². The van der Waals surface area contributed by atoms with Crippen LogP contribution in [0.1, 0.15) is 52.9 Å². The van der Waals surface area contributed by atoms with Crippen LogP contribution < -0.4 is 0 Å². The third-order valence-corrected chi connectivity index (χ3v) is 4.70. The summed E-state index contributed by atoms with van der Waals surface area (Å²) < 4.78 is 4.97. The molecule has 2 aromatic rings. The van der Waals surface area contributed by atoms with Crippen LogP contribution in [-0.2, 0) is 5.41 Å². The maximum absolute atomic E-state index is 12.7. The fraction of sp³-hybridized carbons (Fsp3) is 0.450. The molecule has 0 radical (unpaired) electrons. The molecule has 0 N–H and O–H groups in total. The number of piperazine rings is 1. The summed E-state index contributed by atoms with van der Waals surface area (Å²) in [7, 11) is 0. The molecule has 1 aromatic heterocycles. The molecule has 0 spiro atoms. The first-order valence-corrected chi connectivity index (χ1v) is 8.88. The lowest BCUT2D eigenvalue weighted by atomic mass is 9.86. The lowest BCUT2D eigenvalue weighted by Gasteiger charge is -2.34. The van der Waals surface area contributed by atoms with Crippen molar-refractivity contribution in [1.82, 2.24) is 15.0 Å². The maximum Gasteiger partial charge on any atom is 0.276 e. The monoisotopic (exact) mass is 355 g/mol. The number of carbonyl (C=O) groups is 2. The van der Waals surface area contributed by atoms with Crippen LogP contribution in [0.15, 0.2) is 34.9 Å². The molecule has 0 bridgehead atoms. The van der Waals surface area contributed by atoms with E-state index in [4.69, 9.17) is 4.52 Å². The number of hydrogen-bond acceptors (Lipinski definition) is 4. The van der Waals surface area contributed by atoms with Crippen LogP contribution in [0.2, 0.25) is 0 Å². The predicted molar refractivity (Wildman–Crippen MR) is 98.2 cm³/mol. The molecule has 138 valence electrons. The standard InChI is InChI=1S/C20H25N3O3/c1-14-13-17(21-26-14)19(25)23-11-9-22(10-12-23)18(24)15-5-7-16(8-6-15)20(2,3)4/h5-8,13H,9-12H2,1-4H3. The molecule has 2 heterocycles. The van der Waals surface area contributed by atoms with Crippen molar-refractivity contribution in [2.75, 3.05) is 26.2 Å². The fourth-order valence-corrected chi connectivity index (χ4v) is 3.04. The topological polar surface area (TPSA) is 66.7 Å². The summed E-state index contributed by atoms with van der Waals surface area (Å²) in [6.07, 6.45) is 0. The van der Waals surface area contributed by atoms with Gasteiger partial charge in [-0.1, -0.05) is 38.1 Å². The summed E-state index contributed by atoms with van der Waals surface area (Å²) in [5.74, 6) is 0.471. The predicted octanol–water partition coefficient (Wildman–Crippen LogP) is 2.88. The van der Waals surface area contributed by atoms with E-state index in [1.165, 1.54) is 5.56 Å². The van der Waals surface area contributed by atoms with Gasteiger partial charge < -0.3 is 14.3 Å². The molecule has 0 unspecified atom stereocenters. The highest BCUT2D eigenvalue weighted by Gasteiger charge is 2.27. The highest BCUT2D eigenvalue weighted by atomic mass is 16.5. The molecule has 6 nitrogen and oxygen atoms in total. The minimum Gasteiger partial charge on any atom is -0.361 e. The smallest absolute Gasteiger partial charge is 0.276 e. The molecular weight excluding hydrogens is 330 g/mol. The van der Waals surface area contributed by atoms with Crippen LogP contribution in [0.25, 0.3) is 0 Å². The van der Waals surface area contributed by atoms with Gasteiger partial charge in [0.1, 0.15) is 5.76 Å². The van der Waals surface area contributed by atoms with Gasteiger partial charge in [0.15, 0.2) is 5.69 Å². The zero-order chi connectivity index (χ0) is 18.9. The molecule has 2 amide bonds. The Bertz CT molecular complexity index is 794. The van der Waals surface area contributed by atoms with Crippen LogP contribution in [0, 0.1) is 6.92 Å². The van der Waals surface area contributed by atoms with E-state index in [-0.39, 0.29) is 17.2 Å². The molecular formula is C20H25N3O3. The van der Waals surface area contributed by atoms with Crippen molar-refractivity contribution in [2.45, 2.75) is 33.1 Å². The number of rotatable bonds is 2. The molecule has 0 aliphatic carbocycles. The Kier molecular flexibility index (Phi) is 4.85. The van der Waals surface area contributed by atoms with Crippen molar-refractivity contribution >= 4 is 11.8 Å². The van der Waals surface area contributed by atoms with E-state index in [0.29, 0.717) is 43.2 Å². The van der Waals surface area contributed by atoms with Crippen molar-refractivity contribution in [3.05, 3.63) is 52.9 Å². The van der Waals surface area contributed by atoms with Crippen LogP contribution in [0.3, 0.4) is 0 Å². The van der Waals surface area contributed by atoms with Gasteiger partial charge in [0, 0.05) is 37.8 Å². The molecule has 1 saturated heterocycles. The molecule has 1 aliphatic rings. The number of benzene rings is 1. The molecule has 0 saturated carbocycles. The number of aryl methyl sites for hydroxylation is 1. The molecule has 0 atom stereocenters. The van der Waals surface area contributed by atoms with Crippen molar-refractivity contribution < 1.29 is 14.1 Å². The zero-order valence-corrected chi connectivity index (χ0v) is 15.8. The van der Waals surface area contributed by atoms with Crippen LogP contribution in [0.4, 0.5) is 0 Å². The Morgan fingerprint density at radius 3 is 1.96 bits per heavy atom. The molecule has 6 heteroatoms. The molecule has 3 rings (SSSR count). The van der Waals surface area contributed by atoms with Crippen molar-refractivity contribution in [3.8, 4) is 0 Å². The Morgan fingerprint density at radius 1 is 0.962 bits per heavy atom. The highest BCUT2D eigenvalue weighted by molar-refractivity contribution is 5.95. The van der Waals surface area contributed by atoms with Crippen LogP contribution >= 0.6 is 0 Å². The van der Waals surface area contributed by atoms with E-state index < -0.39 is 0 Å². The maximum atomic E-state index is 12.7. The summed E-state index contributed by atoms with van der Waals surface area (Å²) in [5.41, 5.74) is 2.27. The van der Waals surface area contributed by atoms with E-state index in [1.807, 2.05) is 24.3 Å². The normalized spacial score (nSPS) is 15.2. The summed E-state index contributed by atoms with van der Waals surface area (Å²) in [6.45, 7) is 10.2. The first-order valence-electron chi connectivity index (χ1n) is 8.88. The first kappa shape index (κ1) is 18.2. The van der Waals surface area contributed by atoms with E-state index in [9.17, 15) is 9.59 Å². The van der Waals surface area contributed by atoms with Crippen molar-refractivity contribution in [2.24, 2.45) is 0 Å². The molecule has 26 heavy (non-hydrogen) atoms. The van der Waals surface area contributed by atoms with E-state index in [0.717, 1.165) is 0 Å². The average molecular weight is 355 g/mol. The minimum atomic E-state index is -0.150. The van der Waals surface area contributed by atoms with Gasteiger partial charge in [0.2, 0.25) is 0 Å². The summed E-state index contributed by atoms with van der Waals surface area (Å²) in [5, 5.41) is 3.77. The lowest BCUT2D eigenvalue weighted by molar-refractivity contribution is 0.0530. The van der Waals surface area contributed by atoms with Gasteiger partial charge >= 0.3 is 0 Å². The van der Waals surface area contributed by atoms with E-state index in [1.54, 1.807) is 22.8 Å². The fourth-order valence-electron chi connectivity index (χ4n) is 3.04. The third-order valence-electron chi connectivity index (χ3n) is 4.70. The second-order valence-corrected chi connectivity index (χ2v) is 7.73. The Morgan fingerprint density at radius 2 is 1.50 bits per heavy atom. The van der Waals surface area contributed by atoms with Crippen LogP contribution in [0.5, 0.6) is 0 Å². The molecule has 1 aliphatic heterocycles. The lowest BCUT2D eigenvalue weighted by Crippen LogP contribution is -2.50. The Balaban J connectivity index is 1.61. The van der Waals surface area contributed by atoms with Gasteiger partial charge in [0.05, 0.1) is 0 Å². The Labute approximate surface area is 153 Å². The highest BCUT2D eigenvalue weighted by Crippen LogP contribution is 2.22. The van der Waals surface area contributed by atoms with Gasteiger partial charge in [0.25, 0.3) is 11.8 Å². The van der Waals surface area contributed by atoms with Crippen molar-refractivity contribution in [3.63, 3.8) is 0 Å². The van der Waals surface area contributed by atoms with Gasteiger partial charge in [-0.25, -0.2) is 0 Å². The number of carbonyl (C=O) groups excluding carboxylic acids is 2. The van der Waals surface area contributed by atoms with Gasteiger partial charge in [-0.05, 0) is 30.0 Å². The second-order valence-electron chi connectivity index (χ2n) is 7.73. The van der Waals surface area contributed by atoms with Gasteiger partial charge in [-0.15, -0.1) is 0 Å². The zero-order valence-electron chi connectivity index (χ0n) is 15.8. The van der Waals surface area contributed by atoms with E-state index >= 15 is 0 Å². The third kappa shape index (κ3) is 3.79. The SMILES string of the molecule is Cc1cc(C(=O)N2CCN(C(=O)c3ccc(C(C)(C)C)cc3)CC2)no1. The molecule has 1 aromatic carbocycles. The minimum absolute atomic E-state index is 0.00911. The van der Waals surface area contributed by atoms with Gasteiger partial charge in [-0.3, -0.25) is 9.59 Å². The number of amides is 2. The quantitative estimate of drug-likeness (QED) is 0.831.